The van der Waals surface area contributed by atoms with Crippen LogP contribution in [0.3, 0.4) is 0 Å². The third-order valence-corrected chi connectivity index (χ3v) is 17.3. The molecule has 60 heavy (non-hydrogen) atoms. The van der Waals surface area contributed by atoms with Gasteiger partial charge >= 0.3 is 8.32 Å². The number of ether oxygens (including phenoxy) is 1. The van der Waals surface area contributed by atoms with Crippen molar-refractivity contribution in [3.05, 3.63) is 182 Å². The molecule has 2 heterocycles. The van der Waals surface area contributed by atoms with Gasteiger partial charge in [-0.2, -0.15) is 5.26 Å². The highest BCUT2D eigenvalue weighted by Crippen LogP contribution is 2.48. The van der Waals surface area contributed by atoms with E-state index >= 15 is 0 Å². The lowest BCUT2D eigenvalue weighted by Gasteiger charge is -2.43. The van der Waals surface area contributed by atoms with Gasteiger partial charge in [0.2, 0.25) is 5.70 Å². The van der Waals surface area contributed by atoms with Crippen molar-refractivity contribution in [2.24, 2.45) is 0 Å². The van der Waals surface area contributed by atoms with Crippen LogP contribution in [0.15, 0.2) is 150 Å². The second-order valence-corrected chi connectivity index (χ2v) is 21.9. The molecule has 0 fully saturated rings. The summed E-state index contributed by atoms with van der Waals surface area (Å²) in [7, 11) is -2.93. The molecular formula is C53H57N3O2SSi. The summed E-state index contributed by atoms with van der Waals surface area (Å²) < 4.78 is 14.2. The molecule has 0 saturated heterocycles. The summed E-state index contributed by atoms with van der Waals surface area (Å²) in [6.07, 6.45) is 13.0. The number of hydrogen-bond acceptors (Lipinski definition) is 5. The maximum atomic E-state index is 9.75. The van der Waals surface area contributed by atoms with E-state index in [1.54, 1.807) is 18.3 Å². The molecule has 4 aromatic carbocycles. The van der Waals surface area contributed by atoms with Gasteiger partial charge in [-0.1, -0.05) is 145 Å². The van der Waals surface area contributed by atoms with Crippen LogP contribution in [0.4, 0.5) is 5.69 Å². The molecule has 1 aliphatic rings. The van der Waals surface area contributed by atoms with Crippen LogP contribution in [0, 0.1) is 17.9 Å². The standard InChI is InChI=1S/C53H57N3O2SSi/c1-9-11-36-56(37-12-10-2)43-30-28-41(49(38-43)58-60(52(4,5)6,46-24-18-14-19-25-46)47-26-20-15-21-27-47)29-31-44-32-33-45(59-44)34-35-48-50(55-8)51(40(3)39-54)57-53(48,7)42-22-16-13-17-23-42/h13-35,38H,9-12,36-37H2,1-7H3/b31-29+,35-34+,51-40+. The molecule has 1 aliphatic heterocycles. The minimum absolute atomic E-state index is 0.195. The predicted molar refractivity (Wildman–Crippen MR) is 256 cm³/mol. The van der Waals surface area contributed by atoms with Crippen LogP contribution < -0.4 is 19.7 Å². The molecule has 0 aliphatic carbocycles. The molecule has 1 aromatic heterocycles. The first-order valence-corrected chi connectivity index (χ1v) is 23.8. The topological polar surface area (TPSA) is 49.9 Å². The van der Waals surface area contributed by atoms with E-state index in [1.807, 2.05) is 49.4 Å². The second-order valence-electron chi connectivity index (χ2n) is 16.5. The minimum atomic E-state index is -2.93. The average molecular weight is 828 g/mol. The zero-order valence-electron chi connectivity index (χ0n) is 36.2. The van der Waals surface area contributed by atoms with Crippen molar-refractivity contribution < 1.29 is 9.16 Å². The quantitative estimate of drug-likeness (QED) is 0.0565. The summed E-state index contributed by atoms with van der Waals surface area (Å²) in [6.45, 7) is 25.3. The zero-order chi connectivity index (χ0) is 42.8. The fourth-order valence-corrected chi connectivity index (χ4v) is 13.2. The Labute approximate surface area is 363 Å². The van der Waals surface area contributed by atoms with Gasteiger partial charge in [0.1, 0.15) is 17.1 Å². The Kier molecular flexibility index (Phi) is 14.2. The molecule has 0 amide bonds. The van der Waals surface area contributed by atoms with E-state index in [2.05, 4.69) is 154 Å². The summed E-state index contributed by atoms with van der Waals surface area (Å²) in [6, 6.07) is 44.8. The number of nitriles is 1. The fraction of sp³-hybridized carbons (Fsp3) is 0.283. The van der Waals surface area contributed by atoms with Gasteiger partial charge in [0.05, 0.1) is 18.2 Å². The molecule has 5 nitrogen and oxygen atoms in total. The van der Waals surface area contributed by atoms with Crippen LogP contribution in [-0.4, -0.2) is 21.4 Å². The number of anilines is 1. The van der Waals surface area contributed by atoms with Crippen LogP contribution in [0.1, 0.15) is 95.0 Å². The lowest BCUT2D eigenvalue weighted by atomic mass is 9.87. The van der Waals surface area contributed by atoms with Crippen LogP contribution in [0.5, 0.6) is 5.75 Å². The normalized spacial score (nSPS) is 16.5. The van der Waals surface area contributed by atoms with E-state index < -0.39 is 13.9 Å². The highest BCUT2D eigenvalue weighted by Gasteiger charge is 2.52. The molecule has 7 heteroatoms. The maximum absolute atomic E-state index is 9.75. The number of nitrogens with zero attached hydrogens (tertiary/aromatic N) is 3. The van der Waals surface area contributed by atoms with E-state index in [-0.39, 0.29) is 5.04 Å². The Balaban J connectivity index is 1.41. The van der Waals surface area contributed by atoms with Gasteiger partial charge in [0.25, 0.3) is 0 Å². The molecule has 1 atom stereocenters. The molecular weight excluding hydrogens is 771 g/mol. The molecule has 0 saturated carbocycles. The molecule has 0 N–H and O–H groups in total. The Morgan fingerprint density at radius 1 is 0.817 bits per heavy atom. The van der Waals surface area contributed by atoms with E-state index in [4.69, 9.17) is 15.7 Å². The van der Waals surface area contributed by atoms with Gasteiger partial charge in [-0.15, -0.1) is 11.3 Å². The van der Waals surface area contributed by atoms with Crippen molar-refractivity contribution >= 4 is 53.9 Å². The van der Waals surface area contributed by atoms with Crippen molar-refractivity contribution in [3.8, 4) is 11.8 Å². The second kappa shape index (κ2) is 19.5. The van der Waals surface area contributed by atoms with Crippen LogP contribution in [-0.2, 0) is 10.3 Å². The van der Waals surface area contributed by atoms with Gasteiger partial charge < -0.3 is 14.1 Å². The molecule has 306 valence electrons. The summed E-state index contributed by atoms with van der Waals surface area (Å²) in [5.41, 5.74) is 3.72. The SMILES string of the molecule is [C-]#[N+]C1=C(/C=C/c2ccc(/C=C/c3ccc(N(CCCC)CCCC)cc3O[Si](c3ccccc3)(c3ccccc3)C(C)(C)C)s2)C(C)(c2ccccc2)O/C1=C(\C)C#N. The van der Waals surface area contributed by atoms with Crippen LogP contribution in [0.2, 0.25) is 5.04 Å². The van der Waals surface area contributed by atoms with Crippen molar-refractivity contribution in [1.29, 1.82) is 5.26 Å². The number of allylic oxidation sites excluding steroid dienone is 1. The van der Waals surface area contributed by atoms with Crippen molar-refractivity contribution in [2.75, 3.05) is 18.0 Å². The van der Waals surface area contributed by atoms with Crippen molar-refractivity contribution in [2.45, 2.75) is 84.8 Å². The minimum Gasteiger partial charge on any atom is -0.534 e. The maximum Gasteiger partial charge on any atom is 0.319 e. The van der Waals surface area contributed by atoms with E-state index in [1.165, 1.54) is 16.1 Å². The zero-order valence-corrected chi connectivity index (χ0v) is 38.0. The molecule has 0 radical (unpaired) electrons. The first-order valence-electron chi connectivity index (χ1n) is 21.1. The summed E-state index contributed by atoms with van der Waals surface area (Å²) in [5, 5.41) is 12.0. The van der Waals surface area contributed by atoms with Crippen LogP contribution in [0.25, 0.3) is 23.1 Å². The number of hydrogen-bond donors (Lipinski definition) is 0. The van der Waals surface area contributed by atoms with Gasteiger partial charge in [0, 0.05) is 45.7 Å². The number of benzene rings is 4. The average Bonchev–Trinajstić information content (AvgIpc) is 3.85. The third kappa shape index (κ3) is 9.29. The molecule has 5 aromatic rings. The predicted octanol–water partition coefficient (Wildman–Crippen LogP) is 13.2. The Bertz CT molecular complexity index is 2400. The summed E-state index contributed by atoms with van der Waals surface area (Å²) >= 11 is 1.68. The van der Waals surface area contributed by atoms with E-state index in [0.717, 1.165) is 71.0 Å². The van der Waals surface area contributed by atoms with Crippen LogP contribution >= 0.6 is 11.3 Å². The smallest absolute Gasteiger partial charge is 0.319 e. The molecule has 0 bridgehead atoms. The Morgan fingerprint density at radius 2 is 1.37 bits per heavy atom. The summed E-state index contributed by atoms with van der Waals surface area (Å²) in [4.78, 5) is 8.54. The number of unbranched alkanes of at least 4 members (excludes halogenated alkanes) is 2. The molecule has 0 spiro atoms. The van der Waals surface area contributed by atoms with E-state index in [0.29, 0.717) is 17.0 Å². The van der Waals surface area contributed by atoms with Gasteiger partial charge in [-0.25, -0.2) is 4.85 Å². The van der Waals surface area contributed by atoms with Crippen molar-refractivity contribution in [1.82, 2.24) is 0 Å². The van der Waals surface area contributed by atoms with E-state index in [9.17, 15) is 5.26 Å². The Hall–Kier alpha value is -5.86. The lowest BCUT2D eigenvalue weighted by Crippen LogP contribution is -2.68. The first kappa shape index (κ1) is 43.7. The van der Waals surface area contributed by atoms with Gasteiger partial charge in [-0.05, 0) is 90.2 Å². The van der Waals surface area contributed by atoms with Crippen molar-refractivity contribution in [3.63, 3.8) is 0 Å². The molecule has 6 rings (SSSR count). The molecule has 1 unspecified atom stereocenters. The van der Waals surface area contributed by atoms with Gasteiger partial charge in [0.15, 0.2) is 0 Å². The third-order valence-electron chi connectivity index (χ3n) is 11.3. The van der Waals surface area contributed by atoms with Gasteiger partial charge in [-0.3, -0.25) is 0 Å². The first-order chi connectivity index (χ1) is 29.0. The highest BCUT2D eigenvalue weighted by molar-refractivity contribution is 7.13. The largest absolute Gasteiger partial charge is 0.534 e. The Morgan fingerprint density at radius 3 is 1.88 bits per heavy atom. The number of rotatable bonds is 16. The lowest BCUT2D eigenvalue weighted by molar-refractivity contribution is 0.0750. The monoisotopic (exact) mass is 827 g/mol. The highest BCUT2D eigenvalue weighted by atomic mass is 32.1. The fourth-order valence-electron chi connectivity index (χ4n) is 7.99. The summed E-state index contributed by atoms with van der Waals surface area (Å²) in [5.74, 6) is 1.23. The number of thiophene rings is 1.